The Hall–Kier alpha value is -0.160. The van der Waals surface area contributed by atoms with E-state index in [4.69, 9.17) is 4.74 Å². The molecule has 3 rings (SSSR count). The average molecular weight is 281 g/mol. The molecule has 1 aliphatic carbocycles. The van der Waals surface area contributed by atoms with Crippen molar-refractivity contribution in [2.45, 2.75) is 63.8 Å². The molecule has 2 aliphatic heterocycles. The minimum absolute atomic E-state index is 0.440. The van der Waals surface area contributed by atoms with Crippen LogP contribution in [0.5, 0.6) is 0 Å². The van der Waals surface area contributed by atoms with Crippen LogP contribution in [0, 0.1) is 0 Å². The number of nitrogens with zero attached hydrogens (tertiary/aromatic N) is 2. The highest BCUT2D eigenvalue weighted by atomic mass is 16.5. The molecule has 20 heavy (non-hydrogen) atoms. The molecule has 3 fully saturated rings. The Morgan fingerprint density at radius 2 is 1.70 bits per heavy atom. The highest BCUT2D eigenvalue weighted by Gasteiger charge is 2.32. The Bertz CT molecular complexity index is 298. The van der Waals surface area contributed by atoms with Crippen LogP contribution in [0.15, 0.2) is 0 Å². The molecule has 0 aromatic carbocycles. The molecule has 4 heteroatoms. The first-order chi connectivity index (χ1) is 9.70. The van der Waals surface area contributed by atoms with Crippen molar-refractivity contribution in [1.82, 2.24) is 15.1 Å². The van der Waals surface area contributed by atoms with Crippen molar-refractivity contribution in [1.29, 1.82) is 0 Å². The summed E-state index contributed by atoms with van der Waals surface area (Å²) in [6.07, 6.45) is 6.27. The monoisotopic (exact) mass is 281 g/mol. The summed E-state index contributed by atoms with van der Waals surface area (Å²) in [5.41, 5.74) is 0. The van der Waals surface area contributed by atoms with Gasteiger partial charge in [-0.25, -0.2) is 0 Å². The van der Waals surface area contributed by atoms with E-state index in [1.54, 1.807) is 0 Å². The fourth-order valence-corrected chi connectivity index (χ4v) is 3.47. The Morgan fingerprint density at radius 3 is 2.35 bits per heavy atom. The maximum atomic E-state index is 6.18. The first kappa shape index (κ1) is 14.8. The second-order valence-corrected chi connectivity index (χ2v) is 7.09. The molecular weight excluding hydrogens is 250 g/mol. The SMILES string of the molecule is CC(C)NCC1CCC(CN2CCN(C3CC3)CC2)O1. The first-order valence-electron chi connectivity index (χ1n) is 8.56. The van der Waals surface area contributed by atoms with E-state index in [2.05, 4.69) is 29.0 Å². The molecule has 0 spiro atoms. The van der Waals surface area contributed by atoms with E-state index < -0.39 is 0 Å². The highest BCUT2D eigenvalue weighted by molar-refractivity contribution is 4.88. The zero-order chi connectivity index (χ0) is 13.9. The number of hydrogen-bond acceptors (Lipinski definition) is 4. The lowest BCUT2D eigenvalue weighted by Crippen LogP contribution is -2.49. The molecule has 2 unspecified atom stereocenters. The molecule has 3 aliphatic rings. The molecule has 1 saturated carbocycles. The van der Waals surface area contributed by atoms with Crippen molar-refractivity contribution in [3.05, 3.63) is 0 Å². The van der Waals surface area contributed by atoms with Crippen LogP contribution >= 0.6 is 0 Å². The van der Waals surface area contributed by atoms with Gasteiger partial charge in [0.2, 0.25) is 0 Å². The summed E-state index contributed by atoms with van der Waals surface area (Å²) in [6, 6.07) is 1.50. The summed E-state index contributed by atoms with van der Waals surface area (Å²) in [6.45, 7) is 11.6. The van der Waals surface area contributed by atoms with Crippen molar-refractivity contribution in [3.8, 4) is 0 Å². The average Bonchev–Trinajstić information content (AvgIpc) is 3.19. The number of rotatable bonds is 6. The van der Waals surface area contributed by atoms with Crippen LogP contribution in [0.25, 0.3) is 0 Å². The predicted octanol–water partition coefficient (Wildman–Crippen LogP) is 1.31. The number of piperazine rings is 1. The Balaban J connectivity index is 1.33. The van der Waals surface area contributed by atoms with E-state index in [-0.39, 0.29) is 0 Å². The molecule has 0 amide bonds. The van der Waals surface area contributed by atoms with Crippen LogP contribution in [0.1, 0.15) is 39.5 Å². The van der Waals surface area contributed by atoms with Crippen molar-refractivity contribution in [3.63, 3.8) is 0 Å². The van der Waals surface area contributed by atoms with Crippen molar-refractivity contribution in [2.24, 2.45) is 0 Å². The van der Waals surface area contributed by atoms with Gasteiger partial charge in [-0.1, -0.05) is 13.8 Å². The van der Waals surface area contributed by atoms with Crippen LogP contribution in [-0.2, 0) is 4.74 Å². The maximum Gasteiger partial charge on any atom is 0.0707 e. The van der Waals surface area contributed by atoms with Crippen LogP contribution in [-0.4, -0.2) is 73.4 Å². The summed E-state index contributed by atoms with van der Waals surface area (Å²) in [4.78, 5) is 5.29. The van der Waals surface area contributed by atoms with Gasteiger partial charge in [-0.3, -0.25) is 9.80 Å². The molecule has 2 atom stereocenters. The van der Waals surface area contributed by atoms with Gasteiger partial charge in [0.1, 0.15) is 0 Å². The van der Waals surface area contributed by atoms with Gasteiger partial charge < -0.3 is 10.1 Å². The molecule has 0 bridgehead atoms. The Labute approximate surface area is 123 Å². The third-order valence-electron chi connectivity index (χ3n) is 4.88. The third kappa shape index (κ3) is 4.17. The van der Waals surface area contributed by atoms with Gasteiger partial charge in [0.15, 0.2) is 0 Å². The molecule has 4 nitrogen and oxygen atoms in total. The zero-order valence-corrected chi connectivity index (χ0v) is 13.2. The normalized spacial score (nSPS) is 33.1. The number of nitrogens with one attached hydrogen (secondary N) is 1. The third-order valence-corrected chi connectivity index (χ3v) is 4.88. The Kier molecular flexibility index (Phi) is 4.97. The fraction of sp³-hybridized carbons (Fsp3) is 1.00. The highest BCUT2D eigenvalue weighted by Crippen LogP contribution is 2.28. The summed E-state index contributed by atoms with van der Waals surface area (Å²) in [7, 11) is 0. The van der Waals surface area contributed by atoms with E-state index >= 15 is 0 Å². The summed E-state index contributed by atoms with van der Waals surface area (Å²) >= 11 is 0. The second kappa shape index (κ2) is 6.73. The first-order valence-corrected chi connectivity index (χ1v) is 8.56. The van der Waals surface area contributed by atoms with Crippen molar-refractivity contribution in [2.75, 3.05) is 39.3 Å². The summed E-state index contributed by atoms with van der Waals surface area (Å²) in [5, 5.41) is 3.49. The summed E-state index contributed by atoms with van der Waals surface area (Å²) in [5.74, 6) is 0. The van der Waals surface area contributed by atoms with Crippen molar-refractivity contribution < 1.29 is 4.74 Å². The van der Waals surface area contributed by atoms with Crippen LogP contribution in [0.2, 0.25) is 0 Å². The van der Waals surface area contributed by atoms with E-state index in [0.29, 0.717) is 18.2 Å². The zero-order valence-electron chi connectivity index (χ0n) is 13.2. The fourth-order valence-electron chi connectivity index (χ4n) is 3.47. The minimum atomic E-state index is 0.440. The molecule has 1 N–H and O–H groups in total. The predicted molar refractivity (Wildman–Crippen MR) is 82.1 cm³/mol. The van der Waals surface area contributed by atoms with Crippen LogP contribution in [0.4, 0.5) is 0 Å². The molecule has 0 aromatic rings. The van der Waals surface area contributed by atoms with Gasteiger partial charge in [0.25, 0.3) is 0 Å². The second-order valence-electron chi connectivity index (χ2n) is 7.09. The van der Waals surface area contributed by atoms with E-state index in [9.17, 15) is 0 Å². The smallest absolute Gasteiger partial charge is 0.0707 e. The van der Waals surface area contributed by atoms with Gasteiger partial charge in [-0.2, -0.15) is 0 Å². The molecule has 116 valence electrons. The molecule has 2 saturated heterocycles. The lowest BCUT2D eigenvalue weighted by Gasteiger charge is -2.35. The molecule has 2 heterocycles. The van der Waals surface area contributed by atoms with Crippen LogP contribution < -0.4 is 5.32 Å². The van der Waals surface area contributed by atoms with E-state index in [1.165, 1.54) is 51.9 Å². The number of hydrogen-bond donors (Lipinski definition) is 1. The Morgan fingerprint density at radius 1 is 1.00 bits per heavy atom. The standard InChI is InChI=1S/C16H31N3O/c1-13(2)17-11-15-5-6-16(20-15)12-18-7-9-19(10-8-18)14-3-4-14/h13-17H,3-12H2,1-2H3. The maximum absolute atomic E-state index is 6.18. The molecule has 0 aromatic heterocycles. The van der Waals surface area contributed by atoms with Crippen LogP contribution in [0.3, 0.4) is 0 Å². The van der Waals surface area contributed by atoms with Gasteiger partial charge in [0, 0.05) is 51.4 Å². The van der Waals surface area contributed by atoms with Gasteiger partial charge in [0.05, 0.1) is 12.2 Å². The van der Waals surface area contributed by atoms with Gasteiger partial charge in [-0.05, 0) is 25.7 Å². The van der Waals surface area contributed by atoms with E-state index in [0.717, 1.165) is 19.1 Å². The largest absolute Gasteiger partial charge is 0.372 e. The van der Waals surface area contributed by atoms with Gasteiger partial charge in [-0.15, -0.1) is 0 Å². The summed E-state index contributed by atoms with van der Waals surface area (Å²) < 4.78 is 6.18. The minimum Gasteiger partial charge on any atom is -0.372 e. The number of ether oxygens (including phenoxy) is 1. The lowest BCUT2D eigenvalue weighted by atomic mass is 10.1. The lowest BCUT2D eigenvalue weighted by molar-refractivity contribution is 0.0114. The molecule has 0 radical (unpaired) electrons. The van der Waals surface area contributed by atoms with Crippen molar-refractivity contribution >= 4 is 0 Å². The molecular formula is C16H31N3O. The quantitative estimate of drug-likeness (QED) is 0.794. The van der Waals surface area contributed by atoms with Gasteiger partial charge >= 0.3 is 0 Å². The topological polar surface area (TPSA) is 27.7 Å². The van der Waals surface area contributed by atoms with E-state index in [1.807, 2.05) is 0 Å².